The summed E-state index contributed by atoms with van der Waals surface area (Å²) in [5, 5.41) is 14.3. The highest BCUT2D eigenvalue weighted by molar-refractivity contribution is 6.30. The van der Waals surface area contributed by atoms with Gasteiger partial charge in [-0.2, -0.15) is 5.10 Å². The van der Waals surface area contributed by atoms with E-state index >= 15 is 0 Å². The molecule has 2 aromatic carbocycles. The molecule has 140 valence electrons. The molecule has 3 rings (SSSR count). The van der Waals surface area contributed by atoms with Crippen LogP contribution in [0.2, 0.25) is 5.02 Å². The summed E-state index contributed by atoms with van der Waals surface area (Å²) >= 11 is 6.00. The summed E-state index contributed by atoms with van der Waals surface area (Å²) in [6, 6.07) is 13.8. The summed E-state index contributed by atoms with van der Waals surface area (Å²) in [6.45, 7) is 3.79. The van der Waals surface area contributed by atoms with Crippen LogP contribution < -0.4 is 0 Å². The SMILES string of the molecule is Cc1cccc(CCc2c(CC(=O)CO)cnn2-c2ccc(Cl)cc2)c1C. The third-order valence-electron chi connectivity index (χ3n) is 4.94. The molecular formula is C22H23ClN2O2. The third kappa shape index (κ3) is 4.46. The van der Waals surface area contributed by atoms with Crippen LogP contribution in [0.1, 0.15) is 27.9 Å². The lowest BCUT2D eigenvalue weighted by Gasteiger charge is -2.12. The number of hydrogen-bond acceptors (Lipinski definition) is 3. The van der Waals surface area contributed by atoms with Crippen molar-refractivity contribution in [2.45, 2.75) is 33.1 Å². The Kier molecular flexibility index (Phi) is 6.09. The number of Topliss-reactive ketones (excluding diaryl/α,β-unsaturated/α-hetero) is 1. The first-order valence-electron chi connectivity index (χ1n) is 8.99. The van der Waals surface area contributed by atoms with Crippen molar-refractivity contribution in [1.29, 1.82) is 0 Å². The van der Waals surface area contributed by atoms with Gasteiger partial charge in [-0.1, -0.05) is 29.8 Å². The van der Waals surface area contributed by atoms with Crippen LogP contribution >= 0.6 is 11.6 Å². The molecule has 0 atom stereocenters. The number of aromatic nitrogens is 2. The lowest BCUT2D eigenvalue weighted by Crippen LogP contribution is -2.11. The zero-order chi connectivity index (χ0) is 19.4. The first-order chi connectivity index (χ1) is 13.0. The van der Waals surface area contributed by atoms with Crippen LogP contribution in [0, 0.1) is 13.8 Å². The molecule has 0 unspecified atom stereocenters. The topological polar surface area (TPSA) is 55.1 Å². The van der Waals surface area contributed by atoms with Crippen LogP contribution in [0.5, 0.6) is 0 Å². The highest BCUT2D eigenvalue weighted by atomic mass is 35.5. The van der Waals surface area contributed by atoms with Gasteiger partial charge in [0.2, 0.25) is 0 Å². The van der Waals surface area contributed by atoms with Crippen LogP contribution in [0.4, 0.5) is 0 Å². The third-order valence-corrected chi connectivity index (χ3v) is 5.19. The molecule has 5 heteroatoms. The van der Waals surface area contributed by atoms with Gasteiger partial charge < -0.3 is 5.11 Å². The van der Waals surface area contributed by atoms with Crippen molar-refractivity contribution in [3.63, 3.8) is 0 Å². The Bertz CT molecular complexity index is 945. The standard InChI is InChI=1S/C22H23ClN2O2/c1-15-4-3-5-17(16(15)2)6-11-22-18(12-21(27)14-26)13-24-25(22)20-9-7-19(23)8-10-20/h3-5,7-10,13,26H,6,11-12,14H2,1-2H3. The number of aryl methyl sites for hydroxylation is 2. The average Bonchev–Trinajstić information content (AvgIpc) is 3.06. The molecule has 27 heavy (non-hydrogen) atoms. The maximum absolute atomic E-state index is 11.8. The Morgan fingerprint density at radius 3 is 2.52 bits per heavy atom. The molecule has 1 heterocycles. The Labute approximate surface area is 164 Å². The summed E-state index contributed by atoms with van der Waals surface area (Å²) in [5.41, 5.74) is 6.60. The van der Waals surface area contributed by atoms with E-state index in [-0.39, 0.29) is 12.2 Å². The van der Waals surface area contributed by atoms with E-state index in [1.807, 2.05) is 28.9 Å². The minimum absolute atomic E-state index is 0.187. The van der Waals surface area contributed by atoms with Crippen molar-refractivity contribution >= 4 is 17.4 Å². The molecule has 4 nitrogen and oxygen atoms in total. The Morgan fingerprint density at radius 2 is 1.81 bits per heavy atom. The number of ketones is 1. The molecule has 0 spiro atoms. The molecule has 0 radical (unpaired) electrons. The van der Waals surface area contributed by atoms with Gasteiger partial charge in [-0.25, -0.2) is 4.68 Å². The number of benzene rings is 2. The number of hydrogen-bond donors (Lipinski definition) is 1. The van der Waals surface area contributed by atoms with E-state index in [1.54, 1.807) is 6.20 Å². The lowest BCUT2D eigenvalue weighted by atomic mass is 9.97. The normalized spacial score (nSPS) is 11.0. The van der Waals surface area contributed by atoms with Crippen molar-refractivity contribution < 1.29 is 9.90 Å². The molecule has 0 aliphatic carbocycles. The Balaban J connectivity index is 1.94. The van der Waals surface area contributed by atoms with E-state index in [0.717, 1.165) is 29.8 Å². The predicted molar refractivity (Wildman–Crippen MR) is 108 cm³/mol. The largest absolute Gasteiger partial charge is 0.389 e. The quantitative estimate of drug-likeness (QED) is 0.671. The van der Waals surface area contributed by atoms with E-state index in [2.05, 4.69) is 37.1 Å². The second-order valence-electron chi connectivity index (χ2n) is 6.74. The minimum Gasteiger partial charge on any atom is -0.389 e. The summed E-state index contributed by atoms with van der Waals surface area (Å²) in [4.78, 5) is 11.8. The number of halogens is 1. The first-order valence-corrected chi connectivity index (χ1v) is 9.36. The second kappa shape index (κ2) is 8.51. The summed E-state index contributed by atoms with van der Waals surface area (Å²) in [6.07, 6.45) is 3.51. The van der Waals surface area contributed by atoms with Crippen LogP contribution in [-0.2, 0) is 24.1 Å². The fraction of sp³-hybridized carbons (Fsp3) is 0.273. The van der Waals surface area contributed by atoms with E-state index in [0.29, 0.717) is 5.02 Å². The zero-order valence-electron chi connectivity index (χ0n) is 15.6. The van der Waals surface area contributed by atoms with Crippen molar-refractivity contribution in [2.24, 2.45) is 0 Å². The molecule has 1 aromatic heterocycles. The number of aliphatic hydroxyl groups is 1. The maximum Gasteiger partial charge on any atom is 0.162 e. The minimum atomic E-state index is -0.456. The number of aliphatic hydroxyl groups excluding tert-OH is 1. The van der Waals surface area contributed by atoms with E-state index in [4.69, 9.17) is 16.7 Å². The number of carbonyl (C=O) groups excluding carboxylic acids is 1. The molecule has 0 fully saturated rings. The highest BCUT2D eigenvalue weighted by Gasteiger charge is 2.15. The van der Waals surface area contributed by atoms with Crippen LogP contribution in [-0.4, -0.2) is 27.3 Å². The van der Waals surface area contributed by atoms with Crippen molar-refractivity contribution in [3.05, 3.63) is 81.6 Å². The molecular weight excluding hydrogens is 360 g/mol. The van der Waals surface area contributed by atoms with Gasteiger partial charge in [-0.15, -0.1) is 0 Å². The van der Waals surface area contributed by atoms with E-state index in [9.17, 15) is 4.79 Å². The predicted octanol–water partition coefficient (Wildman–Crippen LogP) is 4.03. The monoisotopic (exact) mass is 382 g/mol. The van der Waals surface area contributed by atoms with Gasteiger partial charge in [0.05, 0.1) is 11.9 Å². The van der Waals surface area contributed by atoms with Gasteiger partial charge in [0, 0.05) is 22.7 Å². The zero-order valence-corrected chi connectivity index (χ0v) is 16.3. The van der Waals surface area contributed by atoms with E-state index < -0.39 is 6.61 Å². The van der Waals surface area contributed by atoms with Gasteiger partial charge >= 0.3 is 0 Å². The van der Waals surface area contributed by atoms with Gasteiger partial charge in [0.25, 0.3) is 0 Å². The van der Waals surface area contributed by atoms with Gasteiger partial charge in [-0.3, -0.25) is 4.79 Å². The van der Waals surface area contributed by atoms with Gasteiger partial charge in [-0.05, 0) is 67.6 Å². The molecule has 0 bridgehead atoms. The fourth-order valence-electron chi connectivity index (χ4n) is 3.23. The molecule has 0 aliphatic rings. The van der Waals surface area contributed by atoms with Crippen molar-refractivity contribution in [3.8, 4) is 5.69 Å². The maximum atomic E-state index is 11.8. The molecule has 0 saturated heterocycles. The second-order valence-corrected chi connectivity index (χ2v) is 7.17. The van der Waals surface area contributed by atoms with Crippen molar-refractivity contribution in [1.82, 2.24) is 9.78 Å². The van der Waals surface area contributed by atoms with Crippen LogP contribution in [0.15, 0.2) is 48.7 Å². The summed E-state index contributed by atoms with van der Waals surface area (Å²) in [5.74, 6) is -0.210. The fourth-order valence-corrected chi connectivity index (χ4v) is 3.36. The Hall–Kier alpha value is -2.43. The molecule has 3 aromatic rings. The molecule has 1 N–H and O–H groups in total. The summed E-state index contributed by atoms with van der Waals surface area (Å²) < 4.78 is 1.86. The number of rotatable bonds is 7. The average molecular weight is 383 g/mol. The molecule has 0 amide bonds. The number of nitrogens with zero attached hydrogens (tertiary/aromatic N) is 2. The number of carbonyl (C=O) groups is 1. The first kappa shape index (κ1) is 19.3. The van der Waals surface area contributed by atoms with Gasteiger partial charge in [0.15, 0.2) is 5.78 Å². The highest BCUT2D eigenvalue weighted by Crippen LogP contribution is 2.21. The smallest absolute Gasteiger partial charge is 0.162 e. The van der Waals surface area contributed by atoms with Crippen LogP contribution in [0.3, 0.4) is 0 Å². The van der Waals surface area contributed by atoms with E-state index in [1.165, 1.54) is 16.7 Å². The van der Waals surface area contributed by atoms with Crippen LogP contribution in [0.25, 0.3) is 5.69 Å². The van der Waals surface area contributed by atoms with Crippen molar-refractivity contribution in [2.75, 3.05) is 6.61 Å². The Morgan fingerprint density at radius 1 is 1.07 bits per heavy atom. The van der Waals surface area contributed by atoms with Gasteiger partial charge in [0.1, 0.15) is 6.61 Å². The molecule has 0 saturated carbocycles. The summed E-state index contributed by atoms with van der Waals surface area (Å²) in [7, 11) is 0. The molecule has 0 aliphatic heterocycles. The lowest BCUT2D eigenvalue weighted by molar-refractivity contribution is -0.121.